The first-order chi connectivity index (χ1) is 8.51. The van der Waals surface area contributed by atoms with Gasteiger partial charge in [-0.3, -0.25) is 0 Å². The third kappa shape index (κ3) is 4.00. The maximum absolute atomic E-state index is 10.7. The van der Waals surface area contributed by atoms with E-state index in [1.165, 1.54) is 0 Å². The van der Waals surface area contributed by atoms with E-state index in [9.17, 15) is 5.11 Å². The summed E-state index contributed by atoms with van der Waals surface area (Å²) in [5.41, 5.74) is 0.227. The molecule has 0 aromatic heterocycles. The van der Waals surface area contributed by atoms with Crippen LogP contribution in [-0.2, 0) is 5.60 Å². The second-order valence-electron chi connectivity index (χ2n) is 4.90. The third-order valence-electron chi connectivity index (χ3n) is 3.26. The van der Waals surface area contributed by atoms with Crippen molar-refractivity contribution in [3.8, 4) is 5.75 Å². The number of hydrogen-bond acceptors (Lipinski definition) is 3. The van der Waals surface area contributed by atoms with Crippen LogP contribution in [0.5, 0.6) is 5.75 Å². The van der Waals surface area contributed by atoms with Gasteiger partial charge in [0.2, 0.25) is 0 Å². The monoisotopic (exact) mass is 251 g/mol. The molecule has 18 heavy (non-hydrogen) atoms. The van der Waals surface area contributed by atoms with Gasteiger partial charge in [-0.05, 0) is 51.6 Å². The average molecular weight is 251 g/mol. The van der Waals surface area contributed by atoms with Crippen molar-refractivity contribution in [1.82, 2.24) is 4.90 Å². The number of ether oxygens (including phenoxy) is 1. The molecule has 1 aromatic rings. The summed E-state index contributed by atoms with van der Waals surface area (Å²) in [6.07, 6.45) is 1.46. The van der Waals surface area contributed by atoms with Crippen LogP contribution in [0.4, 0.5) is 0 Å². The number of nitrogens with zero attached hydrogens (tertiary/aromatic N) is 1. The number of benzene rings is 1. The van der Waals surface area contributed by atoms with Gasteiger partial charge in [0.1, 0.15) is 5.75 Å². The Labute approximate surface area is 110 Å². The van der Waals surface area contributed by atoms with Crippen molar-refractivity contribution in [1.29, 1.82) is 0 Å². The van der Waals surface area contributed by atoms with Crippen molar-refractivity contribution in [2.75, 3.05) is 27.2 Å². The van der Waals surface area contributed by atoms with Gasteiger partial charge in [0.05, 0.1) is 12.2 Å². The van der Waals surface area contributed by atoms with Crippen LogP contribution in [0.25, 0.3) is 0 Å². The molecular formula is C15H25NO2. The van der Waals surface area contributed by atoms with Gasteiger partial charge in [0, 0.05) is 6.54 Å². The Hall–Kier alpha value is -1.06. The Morgan fingerprint density at radius 2 is 1.78 bits per heavy atom. The van der Waals surface area contributed by atoms with Crippen molar-refractivity contribution in [3.05, 3.63) is 29.8 Å². The standard InChI is InChI=1S/C15H25NO2/c1-5-15(17,11-12-16(3)4)13-7-9-14(10-8-13)18-6-2/h7-10,17H,5-6,11-12H2,1-4H3. The lowest BCUT2D eigenvalue weighted by Crippen LogP contribution is -2.29. The minimum atomic E-state index is -0.741. The van der Waals surface area contributed by atoms with Crippen molar-refractivity contribution >= 4 is 0 Å². The molecule has 0 heterocycles. The van der Waals surface area contributed by atoms with Gasteiger partial charge in [0.15, 0.2) is 0 Å². The Balaban J connectivity index is 2.80. The summed E-state index contributed by atoms with van der Waals surface area (Å²) in [4.78, 5) is 2.09. The molecule has 1 N–H and O–H groups in total. The first kappa shape index (κ1) is 15.0. The predicted octanol–water partition coefficient (Wildman–Crippen LogP) is 2.63. The predicted molar refractivity (Wildman–Crippen MR) is 75.0 cm³/mol. The maximum Gasteiger partial charge on any atom is 0.119 e. The SMILES string of the molecule is CCOc1ccc(C(O)(CC)CCN(C)C)cc1. The molecule has 0 bridgehead atoms. The highest BCUT2D eigenvalue weighted by Crippen LogP contribution is 2.30. The van der Waals surface area contributed by atoms with Gasteiger partial charge in [-0.2, -0.15) is 0 Å². The van der Waals surface area contributed by atoms with E-state index in [1.54, 1.807) is 0 Å². The lowest BCUT2D eigenvalue weighted by atomic mass is 9.88. The topological polar surface area (TPSA) is 32.7 Å². The molecule has 1 atom stereocenters. The molecule has 0 aliphatic carbocycles. The summed E-state index contributed by atoms with van der Waals surface area (Å²) in [5.74, 6) is 0.854. The van der Waals surface area contributed by atoms with E-state index >= 15 is 0 Å². The van der Waals surface area contributed by atoms with Crippen molar-refractivity contribution in [2.24, 2.45) is 0 Å². The van der Waals surface area contributed by atoms with E-state index in [1.807, 2.05) is 52.2 Å². The Bertz CT molecular complexity index is 348. The summed E-state index contributed by atoms with van der Waals surface area (Å²) in [5, 5.41) is 10.7. The molecule has 0 amide bonds. The lowest BCUT2D eigenvalue weighted by Gasteiger charge is -2.29. The van der Waals surface area contributed by atoms with Crippen molar-refractivity contribution in [3.63, 3.8) is 0 Å². The molecule has 0 radical (unpaired) electrons. The molecule has 1 rings (SSSR count). The lowest BCUT2D eigenvalue weighted by molar-refractivity contribution is 0.0171. The van der Waals surface area contributed by atoms with Gasteiger partial charge >= 0.3 is 0 Å². The van der Waals surface area contributed by atoms with Crippen LogP contribution in [0.3, 0.4) is 0 Å². The molecule has 0 aliphatic rings. The highest BCUT2D eigenvalue weighted by atomic mass is 16.5. The van der Waals surface area contributed by atoms with E-state index in [0.717, 1.165) is 30.7 Å². The second-order valence-corrected chi connectivity index (χ2v) is 4.90. The first-order valence-corrected chi connectivity index (χ1v) is 6.62. The molecular weight excluding hydrogens is 226 g/mol. The molecule has 0 fully saturated rings. The highest BCUT2D eigenvalue weighted by Gasteiger charge is 2.26. The fourth-order valence-electron chi connectivity index (χ4n) is 1.96. The molecule has 102 valence electrons. The van der Waals surface area contributed by atoms with E-state index in [4.69, 9.17) is 4.74 Å². The minimum Gasteiger partial charge on any atom is -0.494 e. The van der Waals surface area contributed by atoms with Crippen molar-refractivity contribution < 1.29 is 9.84 Å². The van der Waals surface area contributed by atoms with Crippen LogP contribution >= 0.6 is 0 Å². The number of rotatable bonds is 7. The van der Waals surface area contributed by atoms with E-state index in [-0.39, 0.29) is 0 Å². The Morgan fingerprint density at radius 1 is 1.17 bits per heavy atom. The van der Waals surface area contributed by atoms with Gasteiger partial charge in [-0.15, -0.1) is 0 Å². The zero-order valence-corrected chi connectivity index (χ0v) is 11.9. The maximum atomic E-state index is 10.7. The zero-order chi connectivity index (χ0) is 13.6. The summed E-state index contributed by atoms with van der Waals surface area (Å²) < 4.78 is 5.42. The van der Waals surface area contributed by atoms with Crippen LogP contribution in [0, 0.1) is 0 Å². The Kier molecular flexibility index (Phi) is 5.63. The molecule has 0 aliphatic heterocycles. The molecule has 0 saturated carbocycles. The number of hydrogen-bond donors (Lipinski definition) is 1. The second kappa shape index (κ2) is 6.76. The number of aliphatic hydroxyl groups is 1. The summed E-state index contributed by atoms with van der Waals surface area (Å²) in [7, 11) is 4.04. The van der Waals surface area contributed by atoms with Crippen LogP contribution in [-0.4, -0.2) is 37.3 Å². The highest BCUT2D eigenvalue weighted by molar-refractivity contribution is 5.30. The van der Waals surface area contributed by atoms with Crippen LogP contribution in [0.15, 0.2) is 24.3 Å². The fourth-order valence-corrected chi connectivity index (χ4v) is 1.96. The minimum absolute atomic E-state index is 0.665. The van der Waals surface area contributed by atoms with Crippen molar-refractivity contribution in [2.45, 2.75) is 32.3 Å². The summed E-state index contributed by atoms with van der Waals surface area (Å²) in [6, 6.07) is 7.78. The zero-order valence-electron chi connectivity index (χ0n) is 11.9. The van der Waals surface area contributed by atoms with Crippen LogP contribution in [0.1, 0.15) is 32.3 Å². The quantitative estimate of drug-likeness (QED) is 0.808. The molecule has 1 aromatic carbocycles. The van der Waals surface area contributed by atoms with Crippen LogP contribution in [0.2, 0.25) is 0 Å². The Morgan fingerprint density at radius 3 is 2.22 bits per heavy atom. The van der Waals surface area contributed by atoms with E-state index in [2.05, 4.69) is 4.90 Å². The smallest absolute Gasteiger partial charge is 0.119 e. The normalized spacial score (nSPS) is 14.6. The van der Waals surface area contributed by atoms with Gasteiger partial charge < -0.3 is 14.7 Å². The van der Waals surface area contributed by atoms with Gasteiger partial charge in [-0.1, -0.05) is 19.1 Å². The van der Waals surface area contributed by atoms with Gasteiger partial charge in [-0.25, -0.2) is 0 Å². The largest absolute Gasteiger partial charge is 0.494 e. The third-order valence-corrected chi connectivity index (χ3v) is 3.26. The average Bonchev–Trinajstić information content (AvgIpc) is 2.37. The molecule has 3 nitrogen and oxygen atoms in total. The van der Waals surface area contributed by atoms with E-state index < -0.39 is 5.60 Å². The molecule has 0 spiro atoms. The fraction of sp³-hybridized carbons (Fsp3) is 0.600. The van der Waals surface area contributed by atoms with Gasteiger partial charge in [0.25, 0.3) is 0 Å². The first-order valence-electron chi connectivity index (χ1n) is 6.62. The summed E-state index contributed by atoms with van der Waals surface area (Å²) in [6.45, 7) is 5.52. The summed E-state index contributed by atoms with van der Waals surface area (Å²) >= 11 is 0. The van der Waals surface area contributed by atoms with E-state index in [0.29, 0.717) is 6.61 Å². The molecule has 3 heteroatoms. The molecule has 0 saturated heterocycles. The van der Waals surface area contributed by atoms with Crippen LogP contribution < -0.4 is 4.74 Å². The molecule has 1 unspecified atom stereocenters.